The molecule has 1 fully saturated rings. The van der Waals surface area contributed by atoms with Gasteiger partial charge in [-0.05, 0) is 61.8 Å². The predicted octanol–water partition coefficient (Wildman–Crippen LogP) is 3.88. The molecule has 0 amide bonds. The van der Waals surface area contributed by atoms with Crippen LogP contribution in [0.4, 0.5) is 0 Å². The molecule has 0 unspecified atom stereocenters. The molecule has 6 heteroatoms. The van der Waals surface area contributed by atoms with E-state index in [0.29, 0.717) is 18.6 Å². The number of para-hydroxylation sites is 2. The summed E-state index contributed by atoms with van der Waals surface area (Å²) in [5.41, 5.74) is 2.44. The van der Waals surface area contributed by atoms with Crippen molar-refractivity contribution in [3.63, 3.8) is 0 Å². The van der Waals surface area contributed by atoms with Gasteiger partial charge in [0.05, 0.1) is 26.9 Å². The molecule has 0 saturated carbocycles. The molecule has 1 saturated heterocycles. The highest BCUT2D eigenvalue weighted by atomic mass is 35.5. The van der Waals surface area contributed by atoms with Crippen molar-refractivity contribution in [1.82, 2.24) is 4.90 Å². The summed E-state index contributed by atoms with van der Waals surface area (Å²) in [4.78, 5) is 2.42. The Morgan fingerprint density at radius 3 is 1.74 bits per heavy atom. The third kappa shape index (κ3) is 6.84. The number of benzene rings is 2. The number of aliphatic hydroxyl groups is 2. The van der Waals surface area contributed by atoms with Crippen molar-refractivity contribution in [2.45, 2.75) is 56.7 Å². The molecular formula is C25H36ClNO4. The minimum absolute atomic E-state index is 0. The van der Waals surface area contributed by atoms with Gasteiger partial charge in [0.2, 0.25) is 0 Å². The summed E-state index contributed by atoms with van der Waals surface area (Å²) in [7, 11) is 3.43. The van der Waals surface area contributed by atoms with E-state index >= 15 is 0 Å². The molecule has 1 aliphatic rings. The first kappa shape index (κ1) is 25.5. The highest BCUT2D eigenvalue weighted by molar-refractivity contribution is 5.85. The van der Waals surface area contributed by atoms with Crippen LogP contribution in [0.25, 0.3) is 0 Å². The van der Waals surface area contributed by atoms with E-state index < -0.39 is 6.10 Å². The highest BCUT2D eigenvalue weighted by Crippen LogP contribution is 2.32. The molecule has 0 aliphatic carbocycles. The molecule has 1 aliphatic heterocycles. The normalized spacial score (nSPS) is 19.6. The van der Waals surface area contributed by atoms with Gasteiger partial charge in [0.15, 0.2) is 0 Å². The van der Waals surface area contributed by atoms with Crippen molar-refractivity contribution in [3.05, 3.63) is 59.7 Å². The number of rotatable bonds is 11. The molecule has 2 N–H and O–H groups in total. The molecule has 3 rings (SSSR count). The topological polar surface area (TPSA) is 62.2 Å². The van der Waals surface area contributed by atoms with Gasteiger partial charge in [-0.2, -0.15) is 0 Å². The van der Waals surface area contributed by atoms with E-state index in [-0.39, 0.29) is 19.0 Å². The van der Waals surface area contributed by atoms with Gasteiger partial charge < -0.3 is 19.7 Å². The lowest BCUT2D eigenvalue weighted by Gasteiger charge is -2.32. The summed E-state index contributed by atoms with van der Waals surface area (Å²) in [6, 6.07) is 17.2. The molecule has 0 radical (unpaired) electrons. The average Bonchev–Trinajstić information content (AvgIpc) is 3.17. The maximum atomic E-state index is 10.2. The van der Waals surface area contributed by atoms with Crippen LogP contribution in [-0.2, 0) is 12.8 Å². The maximum absolute atomic E-state index is 10.2. The van der Waals surface area contributed by atoms with E-state index in [1.165, 1.54) is 11.1 Å². The Bertz CT molecular complexity index is 728. The second-order valence-corrected chi connectivity index (χ2v) is 8.12. The molecular weight excluding hydrogens is 414 g/mol. The summed E-state index contributed by atoms with van der Waals surface area (Å²) >= 11 is 0. The number of hydrogen-bond acceptors (Lipinski definition) is 5. The first-order valence-corrected chi connectivity index (χ1v) is 10.9. The van der Waals surface area contributed by atoms with E-state index in [4.69, 9.17) is 9.47 Å². The smallest absolute Gasteiger partial charge is 0.122 e. The van der Waals surface area contributed by atoms with Crippen LogP contribution in [0.1, 0.15) is 36.8 Å². The van der Waals surface area contributed by atoms with Crippen LogP contribution in [-0.4, -0.2) is 60.7 Å². The van der Waals surface area contributed by atoms with E-state index in [2.05, 4.69) is 29.2 Å². The zero-order chi connectivity index (χ0) is 21.3. The predicted molar refractivity (Wildman–Crippen MR) is 126 cm³/mol. The zero-order valence-corrected chi connectivity index (χ0v) is 19.4. The Labute approximate surface area is 192 Å². The van der Waals surface area contributed by atoms with Crippen LogP contribution in [0.5, 0.6) is 11.5 Å². The van der Waals surface area contributed by atoms with Gasteiger partial charge in [0, 0.05) is 18.6 Å². The van der Waals surface area contributed by atoms with Gasteiger partial charge >= 0.3 is 0 Å². The number of aryl methyl sites for hydroxylation is 2. The number of nitrogens with zero attached hydrogens (tertiary/aromatic N) is 1. The van der Waals surface area contributed by atoms with E-state index in [0.717, 1.165) is 50.0 Å². The van der Waals surface area contributed by atoms with Gasteiger partial charge in [-0.1, -0.05) is 36.4 Å². The molecule has 172 valence electrons. The average molecular weight is 450 g/mol. The quantitative estimate of drug-likeness (QED) is 0.545. The van der Waals surface area contributed by atoms with E-state index in [9.17, 15) is 10.2 Å². The number of hydrogen-bond donors (Lipinski definition) is 2. The second kappa shape index (κ2) is 12.9. The summed E-state index contributed by atoms with van der Waals surface area (Å²) in [5.74, 6) is 1.87. The Kier molecular flexibility index (Phi) is 10.6. The SMILES string of the molecule is COc1ccccc1CC[C@@H]1CC[C@H](CCc2ccccc2OC)N1C[C@@H](O)CO.Cl. The van der Waals surface area contributed by atoms with Crippen molar-refractivity contribution in [3.8, 4) is 11.5 Å². The number of β-amino-alcohol motifs (C(OH)–C–C–N with tert-alkyl or cyclic N) is 1. The monoisotopic (exact) mass is 449 g/mol. The minimum atomic E-state index is -0.703. The van der Waals surface area contributed by atoms with Gasteiger partial charge in [0.1, 0.15) is 11.5 Å². The van der Waals surface area contributed by atoms with Gasteiger partial charge in [-0.15, -0.1) is 12.4 Å². The van der Waals surface area contributed by atoms with Crippen LogP contribution < -0.4 is 9.47 Å². The Balaban J connectivity index is 0.00000341. The fourth-order valence-corrected chi connectivity index (χ4v) is 4.70. The fraction of sp³-hybridized carbons (Fsp3) is 0.520. The highest BCUT2D eigenvalue weighted by Gasteiger charge is 2.34. The van der Waals surface area contributed by atoms with Crippen molar-refractivity contribution >= 4 is 12.4 Å². The van der Waals surface area contributed by atoms with Crippen molar-refractivity contribution in [2.75, 3.05) is 27.4 Å². The molecule has 0 spiro atoms. The molecule has 3 atom stereocenters. The van der Waals surface area contributed by atoms with Crippen molar-refractivity contribution < 1.29 is 19.7 Å². The Hall–Kier alpha value is -1.79. The standard InChI is InChI=1S/C25H35NO4.ClH/c1-29-24-9-5-3-7-19(24)11-13-21-15-16-22(26(21)17-23(28)18-27)14-12-20-8-4-6-10-25(20)30-2;/h3-10,21-23,27-28H,11-18H2,1-2H3;1H/t21-,22+,23-;/m1./s1. The lowest BCUT2D eigenvalue weighted by molar-refractivity contribution is 0.0393. The number of likely N-dealkylation sites (tertiary alicyclic amines) is 1. The number of halogens is 1. The second-order valence-electron chi connectivity index (χ2n) is 8.12. The third-order valence-corrected chi connectivity index (χ3v) is 6.28. The molecule has 1 heterocycles. The van der Waals surface area contributed by atoms with Gasteiger partial charge in [-0.3, -0.25) is 4.90 Å². The largest absolute Gasteiger partial charge is 0.496 e. The molecule has 0 bridgehead atoms. The van der Waals surface area contributed by atoms with Crippen LogP contribution in [0.3, 0.4) is 0 Å². The molecule has 2 aromatic rings. The van der Waals surface area contributed by atoms with Crippen LogP contribution >= 0.6 is 12.4 Å². The first-order valence-electron chi connectivity index (χ1n) is 10.9. The summed E-state index contributed by atoms with van der Waals surface area (Å²) in [6.45, 7) is 0.318. The fourth-order valence-electron chi connectivity index (χ4n) is 4.70. The van der Waals surface area contributed by atoms with Gasteiger partial charge in [-0.25, -0.2) is 0 Å². The Morgan fingerprint density at radius 2 is 1.32 bits per heavy atom. The third-order valence-electron chi connectivity index (χ3n) is 6.28. The van der Waals surface area contributed by atoms with E-state index in [1.807, 2.05) is 24.3 Å². The Morgan fingerprint density at radius 1 is 0.871 bits per heavy atom. The van der Waals surface area contributed by atoms with Crippen molar-refractivity contribution in [1.29, 1.82) is 0 Å². The molecule has 31 heavy (non-hydrogen) atoms. The molecule has 2 aromatic carbocycles. The summed E-state index contributed by atoms with van der Waals surface area (Å²) < 4.78 is 11.0. The first-order chi connectivity index (χ1) is 14.7. The number of ether oxygens (including phenoxy) is 2. The van der Waals surface area contributed by atoms with Crippen molar-refractivity contribution in [2.24, 2.45) is 0 Å². The maximum Gasteiger partial charge on any atom is 0.122 e. The van der Waals surface area contributed by atoms with Crippen LogP contribution in [0.2, 0.25) is 0 Å². The number of methoxy groups -OCH3 is 2. The van der Waals surface area contributed by atoms with Crippen LogP contribution in [0.15, 0.2) is 48.5 Å². The summed E-state index contributed by atoms with van der Waals surface area (Å²) in [6.07, 6.45) is 5.45. The lowest BCUT2D eigenvalue weighted by atomic mass is 10.0. The molecule has 5 nitrogen and oxygen atoms in total. The van der Waals surface area contributed by atoms with Gasteiger partial charge in [0.25, 0.3) is 0 Å². The minimum Gasteiger partial charge on any atom is -0.496 e. The molecule has 0 aromatic heterocycles. The number of aliphatic hydroxyl groups excluding tert-OH is 2. The summed E-state index contributed by atoms with van der Waals surface area (Å²) in [5, 5.41) is 19.6. The van der Waals surface area contributed by atoms with E-state index in [1.54, 1.807) is 14.2 Å². The van der Waals surface area contributed by atoms with Crippen LogP contribution in [0, 0.1) is 0 Å². The zero-order valence-electron chi connectivity index (χ0n) is 18.6. The lowest BCUT2D eigenvalue weighted by Crippen LogP contribution is -2.42.